The van der Waals surface area contributed by atoms with E-state index in [0.29, 0.717) is 16.4 Å². The Bertz CT molecular complexity index is 1150. The number of carbonyl (C=O) groups excluding carboxylic acids is 2. The number of hydrogen-bond acceptors (Lipinski definition) is 4. The van der Waals surface area contributed by atoms with E-state index < -0.39 is 16.7 Å². The van der Waals surface area contributed by atoms with Gasteiger partial charge in [0.2, 0.25) is 0 Å². The van der Waals surface area contributed by atoms with E-state index in [9.17, 15) is 19.7 Å². The van der Waals surface area contributed by atoms with E-state index in [4.69, 9.17) is 23.2 Å². The van der Waals surface area contributed by atoms with Gasteiger partial charge in [-0.25, -0.2) is 0 Å². The molecule has 0 aliphatic heterocycles. The molecule has 0 fully saturated rings. The Kier molecular flexibility index (Phi) is 6.34. The molecule has 2 amide bonds. The summed E-state index contributed by atoms with van der Waals surface area (Å²) in [5, 5.41) is 17.1. The maximum atomic E-state index is 12.5. The minimum absolute atomic E-state index is 0.124. The molecule has 0 spiro atoms. The molecular weight excluding hydrogens is 429 g/mol. The molecule has 0 aliphatic rings. The largest absolute Gasteiger partial charge is 0.322 e. The van der Waals surface area contributed by atoms with Crippen LogP contribution in [-0.2, 0) is 0 Å². The molecule has 0 saturated carbocycles. The number of anilines is 2. The second kappa shape index (κ2) is 8.94. The maximum Gasteiger partial charge on any atom is 0.273 e. The Balaban J connectivity index is 1.70. The molecule has 0 radical (unpaired) electrons. The summed E-state index contributed by atoms with van der Waals surface area (Å²) in [6.45, 7) is 1.52. The number of nitro groups is 1. The summed E-state index contributed by atoms with van der Waals surface area (Å²) >= 11 is 11.9. The summed E-state index contributed by atoms with van der Waals surface area (Å²) < 4.78 is 0. The maximum absolute atomic E-state index is 12.5. The van der Waals surface area contributed by atoms with Crippen molar-refractivity contribution < 1.29 is 14.5 Å². The number of nitrogens with zero attached hydrogens (tertiary/aromatic N) is 1. The van der Waals surface area contributed by atoms with E-state index in [2.05, 4.69) is 10.6 Å². The van der Waals surface area contributed by atoms with Crippen molar-refractivity contribution in [2.75, 3.05) is 10.6 Å². The lowest BCUT2D eigenvalue weighted by Gasteiger charge is -2.10. The first kappa shape index (κ1) is 21.3. The predicted molar refractivity (Wildman–Crippen MR) is 117 cm³/mol. The van der Waals surface area contributed by atoms with Gasteiger partial charge in [0.15, 0.2) is 0 Å². The quantitative estimate of drug-likeness (QED) is 0.389. The average Bonchev–Trinajstić information content (AvgIpc) is 2.69. The van der Waals surface area contributed by atoms with Gasteiger partial charge in [-0.1, -0.05) is 29.3 Å². The second-order valence-electron chi connectivity index (χ2n) is 6.32. The van der Waals surface area contributed by atoms with E-state index >= 15 is 0 Å². The lowest BCUT2D eigenvalue weighted by molar-refractivity contribution is -0.385. The van der Waals surface area contributed by atoms with Crippen LogP contribution in [0.25, 0.3) is 0 Å². The van der Waals surface area contributed by atoms with Gasteiger partial charge >= 0.3 is 0 Å². The third-order valence-corrected chi connectivity index (χ3v) is 4.87. The van der Waals surface area contributed by atoms with Gasteiger partial charge in [0.05, 0.1) is 15.5 Å². The van der Waals surface area contributed by atoms with Crippen LogP contribution >= 0.6 is 23.2 Å². The molecule has 3 rings (SSSR count). The minimum Gasteiger partial charge on any atom is -0.322 e. The van der Waals surface area contributed by atoms with Crippen molar-refractivity contribution in [1.82, 2.24) is 0 Å². The normalized spacial score (nSPS) is 10.4. The fourth-order valence-corrected chi connectivity index (χ4v) is 3.27. The first-order valence-electron chi connectivity index (χ1n) is 8.68. The molecule has 3 aromatic rings. The average molecular weight is 444 g/mol. The Hall–Kier alpha value is -3.42. The molecule has 7 nitrogen and oxygen atoms in total. The van der Waals surface area contributed by atoms with Crippen LogP contribution in [-0.4, -0.2) is 16.7 Å². The Morgan fingerprint density at radius 3 is 1.97 bits per heavy atom. The Labute approximate surface area is 181 Å². The Morgan fingerprint density at radius 1 is 0.867 bits per heavy atom. The molecule has 0 saturated heterocycles. The molecule has 3 aromatic carbocycles. The van der Waals surface area contributed by atoms with Crippen LogP contribution in [0.2, 0.25) is 10.0 Å². The summed E-state index contributed by atoms with van der Waals surface area (Å²) in [6, 6.07) is 15.3. The molecule has 0 heterocycles. The van der Waals surface area contributed by atoms with E-state index in [1.165, 1.54) is 37.3 Å². The molecule has 0 aliphatic carbocycles. The van der Waals surface area contributed by atoms with Gasteiger partial charge in [-0.3, -0.25) is 19.7 Å². The van der Waals surface area contributed by atoms with Crippen LogP contribution in [0.1, 0.15) is 26.3 Å². The predicted octanol–water partition coefficient (Wildman–Crippen LogP) is 5.71. The first-order valence-corrected chi connectivity index (χ1v) is 9.43. The molecule has 0 atom stereocenters. The topological polar surface area (TPSA) is 101 Å². The van der Waals surface area contributed by atoms with Gasteiger partial charge in [0, 0.05) is 33.6 Å². The number of carbonyl (C=O) groups is 2. The first-order chi connectivity index (χ1) is 14.3. The van der Waals surface area contributed by atoms with Gasteiger partial charge < -0.3 is 10.6 Å². The van der Waals surface area contributed by atoms with Gasteiger partial charge in [0.25, 0.3) is 17.5 Å². The molecule has 0 aromatic heterocycles. The highest BCUT2D eigenvalue weighted by atomic mass is 35.5. The van der Waals surface area contributed by atoms with Crippen LogP contribution < -0.4 is 10.6 Å². The lowest BCUT2D eigenvalue weighted by Crippen LogP contribution is -2.14. The standard InChI is InChI=1S/C21H15Cl2N3O4/c1-12-16(3-2-4-19(12)26(29)30)20(27)24-14-6-8-15(9-7-14)25-21(28)17-10-5-13(22)11-18(17)23/h2-11H,1H3,(H,24,27)(H,25,28). The number of rotatable bonds is 5. The summed E-state index contributed by atoms with van der Waals surface area (Å²) in [7, 11) is 0. The molecule has 2 N–H and O–H groups in total. The van der Waals surface area contributed by atoms with Crippen molar-refractivity contribution in [2.24, 2.45) is 0 Å². The van der Waals surface area contributed by atoms with Gasteiger partial charge in [-0.05, 0) is 55.5 Å². The summed E-state index contributed by atoms with van der Waals surface area (Å²) in [4.78, 5) is 35.4. The highest BCUT2D eigenvalue weighted by molar-refractivity contribution is 6.37. The molecule has 0 bridgehead atoms. The highest BCUT2D eigenvalue weighted by Crippen LogP contribution is 2.24. The van der Waals surface area contributed by atoms with Crippen molar-refractivity contribution in [2.45, 2.75) is 6.92 Å². The monoisotopic (exact) mass is 443 g/mol. The highest BCUT2D eigenvalue weighted by Gasteiger charge is 2.18. The van der Waals surface area contributed by atoms with Crippen molar-refractivity contribution >= 4 is 52.1 Å². The minimum atomic E-state index is -0.531. The van der Waals surface area contributed by atoms with Crippen LogP contribution in [0.4, 0.5) is 17.1 Å². The number of nitro benzene ring substituents is 1. The molecule has 152 valence electrons. The summed E-state index contributed by atoms with van der Waals surface area (Å²) in [5.41, 5.74) is 1.60. The molecule has 9 heteroatoms. The van der Waals surface area contributed by atoms with Crippen LogP contribution in [0, 0.1) is 17.0 Å². The van der Waals surface area contributed by atoms with Gasteiger partial charge in [0.1, 0.15) is 0 Å². The van der Waals surface area contributed by atoms with Gasteiger partial charge in [-0.15, -0.1) is 0 Å². The van der Waals surface area contributed by atoms with Gasteiger partial charge in [-0.2, -0.15) is 0 Å². The third kappa shape index (κ3) is 4.76. The van der Waals surface area contributed by atoms with Crippen molar-refractivity contribution in [3.05, 3.63) is 97.5 Å². The number of nitrogens with one attached hydrogen (secondary N) is 2. The molecular formula is C21H15Cl2N3O4. The van der Waals surface area contributed by atoms with E-state index in [0.717, 1.165) is 0 Å². The number of benzene rings is 3. The van der Waals surface area contributed by atoms with E-state index in [1.807, 2.05) is 0 Å². The smallest absolute Gasteiger partial charge is 0.273 e. The third-order valence-electron chi connectivity index (χ3n) is 4.32. The van der Waals surface area contributed by atoms with Crippen LogP contribution in [0.3, 0.4) is 0 Å². The zero-order valence-corrected chi connectivity index (χ0v) is 17.1. The zero-order valence-electron chi connectivity index (χ0n) is 15.6. The van der Waals surface area contributed by atoms with E-state index in [-0.39, 0.29) is 27.4 Å². The second-order valence-corrected chi connectivity index (χ2v) is 7.16. The Morgan fingerprint density at radius 2 is 1.43 bits per heavy atom. The molecule has 0 unspecified atom stereocenters. The van der Waals surface area contributed by atoms with Crippen molar-refractivity contribution in [3.63, 3.8) is 0 Å². The SMILES string of the molecule is Cc1c(C(=O)Nc2ccc(NC(=O)c3ccc(Cl)cc3Cl)cc2)cccc1[N+](=O)[O-]. The van der Waals surface area contributed by atoms with Crippen molar-refractivity contribution in [1.29, 1.82) is 0 Å². The number of halogens is 2. The summed E-state index contributed by atoms with van der Waals surface area (Å²) in [6.07, 6.45) is 0. The molecule has 30 heavy (non-hydrogen) atoms. The number of hydrogen-bond donors (Lipinski definition) is 2. The number of amides is 2. The lowest BCUT2D eigenvalue weighted by atomic mass is 10.1. The zero-order chi connectivity index (χ0) is 21.8. The fourth-order valence-electron chi connectivity index (χ4n) is 2.77. The van der Waals surface area contributed by atoms with Crippen LogP contribution in [0.5, 0.6) is 0 Å². The van der Waals surface area contributed by atoms with Crippen molar-refractivity contribution in [3.8, 4) is 0 Å². The van der Waals surface area contributed by atoms with Crippen LogP contribution in [0.15, 0.2) is 60.7 Å². The van der Waals surface area contributed by atoms with E-state index in [1.54, 1.807) is 30.3 Å². The fraction of sp³-hybridized carbons (Fsp3) is 0.0476. The summed E-state index contributed by atoms with van der Waals surface area (Å²) in [5.74, 6) is -0.874.